The summed E-state index contributed by atoms with van der Waals surface area (Å²) in [5.41, 5.74) is 0.970. The number of methoxy groups -OCH3 is 1. The van der Waals surface area contributed by atoms with E-state index in [2.05, 4.69) is 0 Å². The molecule has 202 valence electrons. The van der Waals surface area contributed by atoms with Crippen LogP contribution in [0.5, 0.6) is 17.2 Å². The number of fused-ring (bicyclic) bond motifs is 1. The number of amidine groups is 1. The average molecular weight is 537 g/mol. The van der Waals surface area contributed by atoms with Crippen LogP contribution in [0.15, 0.2) is 18.2 Å². The zero-order valence-corrected chi connectivity index (χ0v) is 22.7. The van der Waals surface area contributed by atoms with Crippen LogP contribution in [0.3, 0.4) is 0 Å². The van der Waals surface area contributed by atoms with Crippen LogP contribution in [0.1, 0.15) is 67.2 Å². The van der Waals surface area contributed by atoms with Crippen LogP contribution in [0.2, 0.25) is 0 Å². The summed E-state index contributed by atoms with van der Waals surface area (Å²) in [7, 11) is -3.01. The second kappa shape index (κ2) is 10.7. The normalized spacial score (nSPS) is 13.5. The van der Waals surface area contributed by atoms with E-state index in [0.717, 1.165) is 0 Å². The Hall–Kier alpha value is -3.18. The molecule has 0 unspecified atom stereocenters. The van der Waals surface area contributed by atoms with Gasteiger partial charge in [-0.05, 0) is 43.0 Å². The van der Waals surface area contributed by atoms with Gasteiger partial charge in [-0.1, -0.05) is 20.8 Å². The number of hydrogen-bond donors (Lipinski definition) is 2. The molecule has 1 heterocycles. The van der Waals surface area contributed by atoms with E-state index in [9.17, 15) is 17.8 Å². The Bertz CT molecular complexity index is 1330. The van der Waals surface area contributed by atoms with Crippen molar-refractivity contribution >= 4 is 21.7 Å². The predicted octanol–water partition coefficient (Wildman–Crippen LogP) is 4.34. The van der Waals surface area contributed by atoms with Crippen molar-refractivity contribution in [3.05, 3.63) is 51.8 Å². The van der Waals surface area contributed by atoms with Gasteiger partial charge in [0.25, 0.3) is 10.1 Å². The van der Waals surface area contributed by atoms with Crippen molar-refractivity contribution in [1.82, 2.24) is 4.90 Å². The first-order chi connectivity index (χ1) is 17.2. The smallest absolute Gasteiger partial charge is 0.269 e. The standard InChI is InChI=1S/C26H33FN2O7S/c1-7-35-20-11-16-12-29(25(28)21(16)22(27)24(20)36-8-2)13-19(30)15-9-17(14-37(31,32)33)23(34-6)18(10-15)26(3,4)5/h9-11,28H,7-8,12-14H2,1-6H3,(H,31,32,33). The van der Waals surface area contributed by atoms with Gasteiger partial charge in [0, 0.05) is 23.2 Å². The molecule has 0 aliphatic carbocycles. The lowest BCUT2D eigenvalue weighted by molar-refractivity contribution is 0.0962. The van der Waals surface area contributed by atoms with Crippen molar-refractivity contribution in [2.24, 2.45) is 0 Å². The van der Waals surface area contributed by atoms with Gasteiger partial charge in [0.05, 0.1) is 32.4 Å². The van der Waals surface area contributed by atoms with Gasteiger partial charge >= 0.3 is 0 Å². The number of halogens is 1. The van der Waals surface area contributed by atoms with E-state index in [1.807, 2.05) is 20.8 Å². The maximum absolute atomic E-state index is 15.4. The van der Waals surface area contributed by atoms with Crippen LogP contribution in [0.25, 0.3) is 0 Å². The topological polar surface area (TPSA) is 126 Å². The number of benzene rings is 2. The molecule has 0 radical (unpaired) electrons. The largest absolute Gasteiger partial charge is 0.496 e. The highest BCUT2D eigenvalue weighted by molar-refractivity contribution is 7.85. The average Bonchev–Trinajstić information content (AvgIpc) is 3.09. The number of hydrogen-bond acceptors (Lipinski definition) is 7. The van der Waals surface area contributed by atoms with Gasteiger partial charge in [-0.2, -0.15) is 8.42 Å². The predicted molar refractivity (Wildman–Crippen MR) is 137 cm³/mol. The molecular weight excluding hydrogens is 503 g/mol. The molecule has 37 heavy (non-hydrogen) atoms. The summed E-state index contributed by atoms with van der Waals surface area (Å²) in [6, 6.07) is 4.63. The molecule has 0 amide bonds. The molecule has 0 fully saturated rings. The molecule has 2 aromatic carbocycles. The number of nitrogens with zero attached hydrogens (tertiary/aromatic N) is 1. The van der Waals surface area contributed by atoms with Crippen LogP contribution < -0.4 is 14.2 Å². The summed E-state index contributed by atoms with van der Waals surface area (Å²) in [5.74, 6) is -1.56. The van der Waals surface area contributed by atoms with Crippen LogP contribution >= 0.6 is 0 Å². The fraction of sp³-hybridized carbons (Fsp3) is 0.462. The minimum Gasteiger partial charge on any atom is -0.496 e. The molecule has 11 heteroatoms. The maximum atomic E-state index is 15.4. The van der Waals surface area contributed by atoms with Crippen LogP contribution in [0.4, 0.5) is 4.39 Å². The Labute approximate surface area is 216 Å². The lowest BCUT2D eigenvalue weighted by atomic mass is 9.83. The molecule has 0 saturated heterocycles. The molecule has 0 aromatic heterocycles. The van der Waals surface area contributed by atoms with E-state index in [4.69, 9.17) is 19.6 Å². The maximum Gasteiger partial charge on any atom is 0.269 e. The number of rotatable bonds is 10. The number of nitrogens with one attached hydrogen (secondary N) is 1. The molecule has 0 saturated carbocycles. The molecule has 1 aliphatic heterocycles. The van der Waals surface area contributed by atoms with Crippen molar-refractivity contribution in [3.63, 3.8) is 0 Å². The highest BCUT2D eigenvalue weighted by Gasteiger charge is 2.34. The number of ether oxygens (including phenoxy) is 3. The first kappa shape index (κ1) is 28.4. The molecule has 1 aliphatic rings. The summed E-state index contributed by atoms with van der Waals surface area (Å²) >= 11 is 0. The molecule has 3 rings (SSSR count). The lowest BCUT2D eigenvalue weighted by Gasteiger charge is -2.25. The van der Waals surface area contributed by atoms with E-state index in [-0.39, 0.29) is 59.5 Å². The zero-order chi connectivity index (χ0) is 27.7. The Balaban J connectivity index is 1.99. The molecule has 2 N–H and O–H groups in total. The zero-order valence-electron chi connectivity index (χ0n) is 21.9. The van der Waals surface area contributed by atoms with Crippen LogP contribution in [-0.2, 0) is 27.8 Å². The van der Waals surface area contributed by atoms with Crippen molar-refractivity contribution in [1.29, 1.82) is 5.41 Å². The first-order valence-corrected chi connectivity index (χ1v) is 13.5. The fourth-order valence-electron chi connectivity index (χ4n) is 4.38. The highest BCUT2D eigenvalue weighted by atomic mass is 32.2. The monoisotopic (exact) mass is 536 g/mol. The minimum atomic E-state index is -4.41. The molecule has 0 bridgehead atoms. The molecule has 0 spiro atoms. The Morgan fingerprint density at radius 3 is 2.32 bits per heavy atom. The van der Waals surface area contributed by atoms with Gasteiger partial charge in [-0.3, -0.25) is 14.8 Å². The van der Waals surface area contributed by atoms with Gasteiger partial charge in [-0.15, -0.1) is 0 Å². The highest BCUT2D eigenvalue weighted by Crippen LogP contribution is 2.40. The van der Waals surface area contributed by atoms with E-state index in [1.54, 1.807) is 26.0 Å². The second-order valence-electron chi connectivity index (χ2n) is 9.74. The quantitative estimate of drug-likeness (QED) is 0.339. The number of ketones is 1. The molecule has 0 atom stereocenters. The van der Waals surface area contributed by atoms with Gasteiger partial charge in [-0.25, -0.2) is 4.39 Å². The number of carbonyl (C=O) groups is 1. The lowest BCUT2D eigenvalue weighted by Crippen LogP contribution is -2.31. The van der Waals surface area contributed by atoms with Gasteiger partial charge in [0.1, 0.15) is 17.3 Å². The summed E-state index contributed by atoms with van der Waals surface area (Å²) in [5, 5.41) is 8.56. The molecule has 9 nitrogen and oxygen atoms in total. The third-order valence-corrected chi connectivity index (χ3v) is 6.62. The number of carbonyl (C=O) groups excluding carboxylic acids is 1. The molecule has 2 aromatic rings. The van der Waals surface area contributed by atoms with Gasteiger partial charge < -0.3 is 19.1 Å². The van der Waals surface area contributed by atoms with Gasteiger partial charge in [0.15, 0.2) is 23.1 Å². The van der Waals surface area contributed by atoms with E-state index in [0.29, 0.717) is 17.7 Å². The minimum absolute atomic E-state index is 0.0527. The van der Waals surface area contributed by atoms with Crippen molar-refractivity contribution in [2.75, 3.05) is 26.9 Å². The summed E-state index contributed by atoms with van der Waals surface area (Å²) in [4.78, 5) is 14.8. The Morgan fingerprint density at radius 1 is 1.14 bits per heavy atom. The second-order valence-corrected chi connectivity index (χ2v) is 11.2. The van der Waals surface area contributed by atoms with E-state index >= 15 is 4.39 Å². The first-order valence-electron chi connectivity index (χ1n) is 11.9. The van der Waals surface area contributed by atoms with Crippen LogP contribution in [-0.4, -0.2) is 56.4 Å². The third-order valence-electron chi connectivity index (χ3n) is 5.94. The van der Waals surface area contributed by atoms with E-state index in [1.165, 1.54) is 18.1 Å². The number of Topliss-reactive ketones (excluding diaryl/α,β-unsaturated/α-hetero) is 1. The summed E-state index contributed by atoms with van der Waals surface area (Å²) in [6.07, 6.45) is 0. The van der Waals surface area contributed by atoms with Crippen molar-refractivity contribution < 1.29 is 36.4 Å². The van der Waals surface area contributed by atoms with Crippen molar-refractivity contribution in [2.45, 2.75) is 52.3 Å². The van der Waals surface area contributed by atoms with Crippen molar-refractivity contribution in [3.8, 4) is 17.2 Å². The SMILES string of the molecule is CCOc1cc2c(c(F)c1OCC)C(=N)N(CC(=O)c1cc(CS(=O)(=O)O)c(OC)c(C(C)(C)C)c1)C2. The van der Waals surface area contributed by atoms with Gasteiger partial charge in [0.2, 0.25) is 0 Å². The third kappa shape index (κ3) is 6.04. The van der Waals surface area contributed by atoms with E-state index < -0.39 is 32.9 Å². The Kier molecular flexibility index (Phi) is 8.18. The Morgan fingerprint density at radius 2 is 1.78 bits per heavy atom. The summed E-state index contributed by atoms with van der Waals surface area (Å²) in [6.45, 7) is 9.53. The summed E-state index contributed by atoms with van der Waals surface area (Å²) < 4.78 is 64.6. The van der Waals surface area contributed by atoms with Crippen LogP contribution in [0, 0.1) is 11.2 Å². The fourth-order valence-corrected chi connectivity index (χ4v) is 4.98. The molecular formula is C26H33FN2O7S.